The zero-order valence-electron chi connectivity index (χ0n) is 26.5. The molecule has 0 saturated carbocycles. The number of benzene rings is 2. The van der Waals surface area contributed by atoms with Crippen LogP contribution in [0, 0.1) is 10.8 Å². The standard InChI is InChI=1S/C32H36O14/c1-7-39-27(33)31(28(34)40-8-2)13-17-11-19-23(45-15-43-19)25(37-5)21(17)22-18(12-20-24(26(22)38-6)46-16-44-20)14-32(31,29(35)41-9-3)30(36)42-10-4/h11-12H,7-10,13-16H2,1-6H3. The van der Waals surface area contributed by atoms with E-state index < -0.39 is 47.5 Å². The molecule has 0 N–H and O–H groups in total. The van der Waals surface area contributed by atoms with E-state index in [0.29, 0.717) is 11.1 Å². The number of hydrogen-bond donors (Lipinski definition) is 0. The predicted octanol–water partition coefficient (Wildman–Crippen LogP) is 3.15. The molecule has 0 atom stereocenters. The smallest absolute Gasteiger partial charge is 0.325 e. The normalized spacial score (nSPS) is 16.1. The Labute approximate surface area is 265 Å². The summed E-state index contributed by atoms with van der Waals surface area (Å²) in [5, 5.41) is 0. The maximum atomic E-state index is 14.5. The molecule has 0 amide bonds. The summed E-state index contributed by atoms with van der Waals surface area (Å²) in [5.41, 5.74) is -4.22. The van der Waals surface area contributed by atoms with E-state index in [9.17, 15) is 19.2 Å². The van der Waals surface area contributed by atoms with Crippen LogP contribution in [-0.2, 0) is 51.0 Å². The highest BCUT2D eigenvalue weighted by Crippen LogP contribution is 2.61. The largest absolute Gasteiger partial charge is 0.492 e. The highest BCUT2D eigenvalue weighted by atomic mass is 16.7. The molecule has 2 aromatic rings. The number of ether oxygens (including phenoxy) is 10. The third-order valence-electron chi connectivity index (χ3n) is 8.20. The Morgan fingerprint density at radius 2 is 0.913 bits per heavy atom. The fraction of sp³-hybridized carbons (Fsp3) is 0.500. The van der Waals surface area contributed by atoms with Crippen molar-refractivity contribution in [3.05, 3.63) is 23.3 Å². The average Bonchev–Trinajstić information content (AvgIpc) is 3.70. The van der Waals surface area contributed by atoms with Crippen molar-refractivity contribution in [2.24, 2.45) is 10.8 Å². The van der Waals surface area contributed by atoms with E-state index in [2.05, 4.69) is 0 Å². The molecule has 46 heavy (non-hydrogen) atoms. The van der Waals surface area contributed by atoms with Crippen LogP contribution >= 0.6 is 0 Å². The van der Waals surface area contributed by atoms with Gasteiger partial charge in [-0.15, -0.1) is 0 Å². The Morgan fingerprint density at radius 3 is 1.20 bits per heavy atom. The summed E-state index contributed by atoms with van der Waals surface area (Å²) in [4.78, 5) is 57.8. The Morgan fingerprint density at radius 1 is 0.587 bits per heavy atom. The van der Waals surface area contributed by atoms with Gasteiger partial charge in [-0.2, -0.15) is 0 Å². The number of esters is 4. The van der Waals surface area contributed by atoms with E-state index in [1.165, 1.54) is 41.9 Å². The highest BCUT2D eigenvalue weighted by Gasteiger charge is 2.74. The molecule has 0 aromatic heterocycles. The Kier molecular flexibility index (Phi) is 9.08. The van der Waals surface area contributed by atoms with Gasteiger partial charge in [-0.3, -0.25) is 19.2 Å². The molecular formula is C32H36O14. The van der Waals surface area contributed by atoms with E-state index >= 15 is 0 Å². The second-order valence-electron chi connectivity index (χ2n) is 10.4. The van der Waals surface area contributed by atoms with Crippen LogP contribution in [0.5, 0.6) is 34.5 Å². The van der Waals surface area contributed by atoms with Crippen LogP contribution in [0.2, 0.25) is 0 Å². The van der Waals surface area contributed by atoms with Crippen LogP contribution in [-0.4, -0.2) is 78.1 Å². The molecular weight excluding hydrogens is 608 g/mol. The van der Waals surface area contributed by atoms with Gasteiger partial charge < -0.3 is 47.4 Å². The van der Waals surface area contributed by atoms with Crippen LogP contribution < -0.4 is 28.4 Å². The second-order valence-corrected chi connectivity index (χ2v) is 10.4. The molecule has 0 bridgehead atoms. The van der Waals surface area contributed by atoms with Gasteiger partial charge >= 0.3 is 23.9 Å². The van der Waals surface area contributed by atoms with Gasteiger partial charge in [0.2, 0.25) is 25.1 Å². The fourth-order valence-electron chi connectivity index (χ4n) is 6.39. The van der Waals surface area contributed by atoms with Gasteiger partial charge in [-0.05, 0) is 51.0 Å². The minimum Gasteiger partial charge on any atom is -0.492 e. The Bertz CT molecular complexity index is 1410. The first-order valence-electron chi connectivity index (χ1n) is 14.9. The van der Waals surface area contributed by atoms with Crippen LogP contribution in [0.25, 0.3) is 11.1 Å². The third-order valence-corrected chi connectivity index (χ3v) is 8.20. The van der Waals surface area contributed by atoms with Gasteiger partial charge in [-0.1, -0.05) is 0 Å². The quantitative estimate of drug-likeness (QED) is 0.211. The number of methoxy groups -OCH3 is 2. The van der Waals surface area contributed by atoms with Crippen molar-refractivity contribution in [2.75, 3.05) is 54.2 Å². The van der Waals surface area contributed by atoms with E-state index in [0.717, 1.165) is 0 Å². The van der Waals surface area contributed by atoms with Gasteiger partial charge in [0.15, 0.2) is 33.8 Å². The van der Waals surface area contributed by atoms with Gasteiger partial charge in [0, 0.05) is 24.0 Å². The maximum absolute atomic E-state index is 14.5. The summed E-state index contributed by atoms with van der Waals surface area (Å²) in [7, 11) is 2.84. The molecule has 14 heteroatoms. The molecule has 3 aliphatic rings. The minimum absolute atomic E-state index is 0.143. The van der Waals surface area contributed by atoms with E-state index in [1.807, 2.05) is 0 Å². The molecule has 14 nitrogen and oxygen atoms in total. The molecule has 0 spiro atoms. The van der Waals surface area contributed by atoms with E-state index in [1.54, 1.807) is 12.1 Å². The molecule has 5 rings (SSSR count). The summed E-state index contributed by atoms with van der Waals surface area (Å²) in [6.45, 7) is 5.08. The first kappa shape index (κ1) is 32.5. The number of rotatable bonds is 10. The van der Waals surface area contributed by atoms with E-state index in [-0.39, 0.29) is 85.6 Å². The molecule has 0 unspecified atom stereocenters. The van der Waals surface area contributed by atoms with Crippen molar-refractivity contribution in [3.63, 3.8) is 0 Å². The number of hydrogen-bond acceptors (Lipinski definition) is 14. The van der Waals surface area contributed by atoms with Crippen molar-refractivity contribution in [2.45, 2.75) is 40.5 Å². The van der Waals surface area contributed by atoms with Crippen LogP contribution in [0.15, 0.2) is 12.1 Å². The summed E-state index contributed by atoms with van der Waals surface area (Å²) >= 11 is 0. The van der Waals surface area contributed by atoms with Crippen LogP contribution in [0.3, 0.4) is 0 Å². The lowest BCUT2D eigenvalue weighted by molar-refractivity contribution is -0.203. The van der Waals surface area contributed by atoms with Crippen molar-refractivity contribution in [1.82, 2.24) is 0 Å². The fourth-order valence-corrected chi connectivity index (χ4v) is 6.39. The number of carbonyl (C=O) groups is 4. The predicted molar refractivity (Wildman–Crippen MR) is 156 cm³/mol. The number of fused-ring (bicyclic) bond motifs is 5. The van der Waals surface area contributed by atoms with Crippen molar-refractivity contribution in [3.8, 4) is 45.6 Å². The topological polar surface area (TPSA) is 161 Å². The first-order valence-corrected chi connectivity index (χ1v) is 14.9. The second kappa shape index (κ2) is 12.9. The lowest BCUT2D eigenvalue weighted by atomic mass is 9.55. The van der Waals surface area contributed by atoms with Gasteiger partial charge in [0.25, 0.3) is 0 Å². The Hall–Kier alpha value is -4.88. The monoisotopic (exact) mass is 644 g/mol. The molecule has 0 radical (unpaired) electrons. The molecule has 2 heterocycles. The summed E-state index contributed by atoms with van der Waals surface area (Å²) in [5.74, 6) is -3.40. The zero-order valence-corrected chi connectivity index (χ0v) is 26.5. The molecule has 0 saturated heterocycles. The first-order chi connectivity index (χ1) is 22.2. The van der Waals surface area contributed by atoms with Crippen molar-refractivity contribution < 1.29 is 66.5 Å². The summed E-state index contributed by atoms with van der Waals surface area (Å²) in [6.07, 6.45) is -1.22. The molecule has 2 aromatic carbocycles. The average molecular weight is 645 g/mol. The Balaban J connectivity index is 2.03. The van der Waals surface area contributed by atoms with Crippen LogP contribution in [0.4, 0.5) is 0 Å². The zero-order chi connectivity index (χ0) is 33.2. The maximum Gasteiger partial charge on any atom is 0.325 e. The molecule has 0 fully saturated rings. The van der Waals surface area contributed by atoms with Crippen LogP contribution in [0.1, 0.15) is 38.8 Å². The SMILES string of the molecule is CCOC(=O)C1(C(=O)OCC)Cc2cc3c(c(OC)c2-c2c(cc4c(c2OC)OCO4)CC1(C(=O)OCC)C(=O)OCC)OCO3. The lowest BCUT2D eigenvalue weighted by Gasteiger charge is -2.44. The van der Waals surface area contributed by atoms with Crippen molar-refractivity contribution in [1.29, 1.82) is 0 Å². The minimum atomic E-state index is -2.67. The highest BCUT2D eigenvalue weighted by molar-refractivity contribution is 6.15. The lowest BCUT2D eigenvalue weighted by Crippen LogP contribution is -2.65. The molecule has 248 valence electrons. The van der Waals surface area contributed by atoms with E-state index in [4.69, 9.17) is 47.4 Å². The number of carbonyl (C=O) groups excluding carboxylic acids is 4. The summed E-state index contributed by atoms with van der Waals surface area (Å²) < 4.78 is 56.8. The molecule has 1 aliphatic carbocycles. The molecule has 2 aliphatic heterocycles. The summed E-state index contributed by atoms with van der Waals surface area (Å²) in [6, 6.07) is 3.10. The van der Waals surface area contributed by atoms with Gasteiger partial charge in [0.1, 0.15) is 0 Å². The third kappa shape index (κ3) is 4.69. The van der Waals surface area contributed by atoms with Crippen molar-refractivity contribution >= 4 is 23.9 Å². The van der Waals surface area contributed by atoms with Gasteiger partial charge in [-0.25, -0.2) is 0 Å². The van der Waals surface area contributed by atoms with Gasteiger partial charge in [0.05, 0.1) is 40.6 Å².